The Bertz CT molecular complexity index is 470. The first-order chi connectivity index (χ1) is 10.0. The summed E-state index contributed by atoms with van der Waals surface area (Å²) in [5, 5.41) is 7.05. The van der Waals surface area contributed by atoms with Crippen LogP contribution in [0.3, 0.4) is 0 Å². The lowest BCUT2D eigenvalue weighted by atomic mass is 10.0. The predicted molar refractivity (Wildman–Crippen MR) is 100 cm³/mol. The van der Waals surface area contributed by atoms with E-state index in [9.17, 15) is 0 Å². The molecule has 4 unspecified atom stereocenters. The SMILES string of the molecule is CCNC(Cc1ccc(Cl)c(Cl)c1)C1CSC(C)C(C)S1. The average molecular weight is 364 g/mol. The molecule has 5 heteroatoms. The molecule has 1 fully saturated rings. The van der Waals surface area contributed by atoms with E-state index in [1.54, 1.807) is 0 Å². The molecule has 1 aliphatic rings. The third-order valence-corrected chi connectivity index (χ3v) is 8.22. The number of thioether (sulfide) groups is 2. The topological polar surface area (TPSA) is 12.0 Å². The van der Waals surface area contributed by atoms with E-state index in [0.717, 1.165) is 18.2 Å². The summed E-state index contributed by atoms with van der Waals surface area (Å²) in [7, 11) is 0. The molecular formula is C16H23Cl2NS2. The maximum atomic E-state index is 6.14. The monoisotopic (exact) mass is 363 g/mol. The lowest BCUT2D eigenvalue weighted by Crippen LogP contribution is -2.44. The van der Waals surface area contributed by atoms with E-state index in [1.165, 1.54) is 11.3 Å². The molecule has 0 aliphatic carbocycles. The first-order valence-electron chi connectivity index (χ1n) is 7.45. The molecule has 0 aromatic heterocycles. The van der Waals surface area contributed by atoms with Gasteiger partial charge in [-0.05, 0) is 30.7 Å². The van der Waals surface area contributed by atoms with Gasteiger partial charge >= 0.3 is 0 Å². The maximum Gasteiger partial charge on any atom is 0.0595 e. The Morgan fingerprint density at radius 3 is 2.62 bits per heavy atom. The minimum absolute atomic E-state index is 0.486. The lowest BCUT2D eigenvalue weighted by Gasteiger charge is -2.36. The third-order valence-electron chi connectivity index (χ3n) is 3.93. The Hall–Kier alpha value is 0.460. The summed E-state index contributed by atoms with van der Waals surface area (Å²) < 4.78 is 0. The Morgan fingerprint density at radius 2 is 2.00 bits per heavy atom. The number of nitrogens with one attached hydrogen (secondary N) is 1. The Balaban J connectivity index is 2.06. The van der Waals surface area contributed by atoms with Crippen molar-refractivity contribution in [3.8, 4) is 0 Å². The van der Waals surface area contributed by atoms with E-state index in [1.807, 2.05) is 12.1 Å². The molecule has 0 radical (unpaired) electrons. The summed E-state index contributed by atoms with van der Waals surface area (Å²) in [5.41, 5.74) is 1.26. The Kier molecular flexibility index (Phi) is 7.08. The van der Waals surface area contributed by atoms with Crippen molar-refractivity contribution in [1.29, 1.82) is 0 Å². The highest BCUT2D eigenvalue weighted by Gasteiger charge is 2.31. The van der Waals surface area contributed by atoms with Gasteiger partial charge in [-0.1, -0.05) is 50.0 Å². The number of halogens is 2. The van der Waals surface area contributed by atoms with E-state index in [2.05, 4.69) is 55.7 Å². The summed E-state index contributed by atoms with van der Waals surface area (Å²) in [4.78, 5) is 0. The van der Waals surface area contributed by atoms with Crippen molar-refractivity contribution in [3.05, 3.63) is 33.8 Å². The molecule has 1 N–H and O–H groups in total. The maximum absolute atomic E-state index is 6.14. The van der Waals surface area contributed by atoms with E-state index in [0.29, 0.717) is 26.6 Å². The smallest absolute Gasteiger partial charge is 0.0595 e. The largest absolute Gasteiger partial charge is 0.313 e. The summed E-state index contributed by atoms with van der Waals surface area (Å²) >= 11 is 16.4. The first-order valence-corrected chi connectivity index (χ1v) is 10.2. The highest BCUT2D eigenvalue weighted by molar-refractivity contribution is 8.07. The van der Waals surface area contributed by atoms with Crippen molar-refractivity contribution in [2.45, 2.75) is 49.0 Å². The molecular weight excluding hydrogens is 341 g/mol. The molecule has 2 rings (SSSR count). The van der Waals surface area contributed by atoms with Gasteiger partial charge in [0, 0.05) is 27.5 Å². The zero-order chi connectivity index (χ0) is 15.4. The van der Waals surface area contributed by atoms with Gasteiger partial charge in [-0.15, -0.1) is 0 Å². The van der Waals surface area contributed by atoms with E-state index >= 15 is 0 Å². The summed E-state index contributed by atoms with van der Waals surface area (Å²) in [5.74, 6) is 1.22. The molecule has 1 saturated heterocycles. The van der Waals surface area contributed by atoms with Crippen molar-refractivity contribution < 1.29 is 0 Å². The van der Waals surface area contributed by atoms with Crippen molar-refractivity contribution in [2.24, 2.45) is 0 Å². The minimum Gasteiger partial charge on any atom is -0.313 e. The molecule has 0 saturated carbocycles. The van der Waals surface area contributed by atoms with Crippen LogP contribution in [0.2, 0.25) is 10.0 Å². The van der Waals surface area contributed by atoms with Crippen LogP contribution in [-0.4, -0.2) is 34.1 Å². The number of rotatable bonds is 5. The second-order valence-corrected chi connectivity index (χ2v) is 9.38. The van der Waals surface area contributed by atoms with E-state index < -0.39 is 0 Å². The van der Waals surface area contributed by atoms with Crippen LogP contribution in [-0.2, 0) is 6.42 Å². The van der Waals surface area contributed by atoms with Crippen LogP contribution in [0.4, 0.5) is 0 Å². The number of benzene rings is 1. The second-order valence-electron chi connectivity index (χ2n) is 5.53. The summed E-state index contributed by atoms with van der Waals surface area (Å²) in [6.07, 6.45) is 1.00. The predicted octanol–water partition coefficient (Wildman–Crippen LogP) is 5.14. The van der Waals surface area contributed by atoms with Crippen LogP contribution in [0.15, 0.2) is 18.2 Å². The number of likely N-dealkylation sites (N-methyl/N-ethyl adjacent to an activating group) is 1. The average Bonchev–Trinajstić information content (AvgIpc) is 2.45. The van der Waals surface area contributed by atoms with Crippen LogP contribution < -0.4 is 5.32 Å². The van der Waals surface area contributed by atoms with Crippen LogP contribution in [0.5, 0.6) is 0 Å². The van der Waals surface area contributed by atoms with Crippen molar-refractivity contribution in [3.63, 3.8) is 0 Å². The fourth-order valence-electron chi connectivity index (χ4n) is 2.54. The van der Waals surface area contributed by atoms with Gasteiger partial charge in [0.1, 0.15) is 0 Å². The summed E-state index contributed by atoms with van der Waals surface area (Å²) in [6, 6.07) is 6.47. The fraction of sp³-hybridized carbons (Fsp3) is 0.625. The van der Waals surface area contributed by atoms with E-state index in [4.69, 9.17) is 23.2 Å². The van der Waals surface area contributed by atoms with Crippen LogP contribution >= 0.6 is 46.7 Å². The third kappa shape index (κ3) is 4.97. The minimum atomic E-state index is 0.486. The van der Waals surface area contributed by atoms with Gasteiger partial charge in [0.05, 0.1) is 10.0 Å². The van der Waals surface area contributed by atoms with Gasteiger partial charge in [-0.25, -0.2) is 0 Å². The van der Waals surface area contributed by atoms with Crippen molar-refractivity contribution in [2.75, 3.05) is 12.3 Å². The van der Waals surface area contributed by atoms with Crippen LogP contribution in [0.1, 0.15) is 26.3 Å². The van der Waals surface area contributed by atoms with Gasteiger partial charge in [0.25, 0.3) is 0 Å². The second kappa shape index (κ2) is 8.35. The molecule has 1 heterocycles. The molecule has 1 aromatic carbocycles. The lowest BCUT2D eigenvalue weighted by molar-refractivity contribution is 0.520. The van der Waals surface area contributed by atoms with Gasteiger partial charge in [-0.2, -0.15) is 23.5 Å². The zero-order valence-electron chi connectivity index (χ0n) is 12.7. The molecule has 1 aliphatic heterocycles. The molecule has 1 nitrogen and oxygen atoms in total. The fourth-order valence-corrected chi connectivity index (χ4v) is 5.99. The molecule has 4 atom stereocenters. The first kappa shape index (κ1) is 17.8. The summed E-state index contributed by atoms with van der Waals surface area (Å²) in [6.45, 7) is 7.85. The standard InChI is InChI=1S/C16H23Cl2NS2/c1-4-19-15(16-9-20-10(2)11(3)21-16)8-12-5-6-13(17)14(18)7-12/h5-7,10-11,15-16,19H,4,8-9H2,1-3H3. The van der Waals surface area contributed by atoms with Gasteiger partial charge < -0.3 is 5.32 Å². The molecule has 0 bridgehead atoms. The molecule has 1 aromatic rings. The zero-order valence-corrected chi connectivity index (χ0v) is 15.9. The Morgan fingerprint density at radius 1 is 1.24 bits per heavy atom. The molecule has 118 valence electrons. The normalized spacial score (nSPS) is 27.6. The molecule has 0 spiro atoms. The van der Waals surface area contributed by atoms with Gasteiger partial charge in [0.15, 0.2) is 0 Å². The van der Waals surface area contributed by atoms with Crippen molar-refractivity contribution in [1.82, 2.24) is 5.32 Å². The highest BCUT2D eigenvalue weighted by Crippen LogP contribution is 2.37. The van der Waals surface area contributed by atoms with Crippen molar-refractivity contribution >= 4 is 46.7 Å². The highest BCUT2D eigenvalue weighted by atomic mass is 35.5. The van der Waals surface area contributed by atoms with Crippen LogP contribution in [0.25, 0.3) is 0 Å². The molecule has 21 heavy (non-hydrogen) atoms. The van der Waals surface area contributed by atoms with Gasteiger partial charge in [0.2, 0.25) is 0 Å². The number of hydrogen-bond acceptors (Lipinski definition) is 3. The van der Waals surface area contributed by atoms with E-state index in [-0.39, 0.29) is 0 Å². The van der Waals surface area contributed by atoms with Crippen LogP contribution in [0, 0.1) is 0 Å². The van der Waals surface area contributed by atoms with Gasteiger partial charge in [-0.3, -0.25) is 0 Å². The Labute approximate surface area is 146 Å². The number of hydrogen-bond donors (Lipinski definition) is 1. The molecule has 0 amide bonds. The quantitative estimate of drug-likeness (QED) is 0.777.